The number of likely N-dealkylation sites (tertiary alicyclic amines) is 1. The van der Waals surface area contributed by atoms with Gasteiger partial charge in [-0.2, -0.15) is 0 Å². The number of oxime groups is 1. The number of rotatable bonds is 8. The van der Waals surface area contributed by atoms with Crippen LogP contribution in [-0.2, 0) is 9.63 Å². The van der Waals surface area contributed by atoms with Crippen LogP contribution in [-0.4, -0.2) is 49.8 Å². The van der Waals surface area contributed by atoms with Crippen molar-refractivity contribution in [1.82, 2.24) is 4.90 Å². The molecule has 8 nitrogen and oxygen atoms in total. The molecular formula is C27H39N5O3. The van der Waals surface area contributed by atoms with Crippen LogP contribution in [0.4, 0.5) is 0 Å². The molecule has 2 aromatic rings. The van der Waals surface area contributed by atoms with Crippen molar-refractivity contribution in [2.24, 2.45) is 27.5 Å². The average molecular weight is 482 g/mol. The fraction of sp³-hybridized carbons (Fsp3) is 0.370. The molecule has 0 bridgehead atoms. The molecule has 1 saturated heterocycles. The Morgan fingerprint density at radius 1 is 1.11 bits per heavy atom. The molecule has 190 valence electrons. The standard InChI is InChI=1S/C17H25N3.C7H8O.C3H6N2O2/c1-3-19-17(18)13-20-11-9-16(10-12-20)14(2)15-7-5-4-6-8-15;1-8-7-5-3-2-4-6-7;1-3(4)5-7-2-6/h3-8,14,16H,1,9-13H2,2H3,(H2,18,19);2-6H,1H3;2H,1H3,(H2,4,5). The van der Waals surface area contributed by atoms with Gasteiger partial charge in [0, 0.05) is 6.20 Å². The minimum atomic E-state index is 0.205. The summed E-state index contributed by atoms with van der Waals surface area (Å²) < 4.78 is 4.91. The average Bonchev–Trinajstić information content (AvgIpc) is 2.89. The zero-order valence-electron chi connectivity index (χ0n) is 21.0. The van der Waals surface area contributed by atoms with E-state index < -0.39 is 0 Å². The Morgan fingerprint density at radius 2 is 1.69 bits per heavy atom. The van der Waals surface area contributed by atoms with Gasteiger partial charge in [-0.3, -0.25) is 9.69 Å². The molecule has 0 amide bonds. The molecule has 1 aliphatic heterocycles. The lowest BCUT2D eigenvalue weighted by Crippen LogP contribution is -2.40. The Balaban J connectivity index is 0.000000334. The van der Waals surface area contributed by atoms with Gasteiger partial charge in [0.15, 0.2) is 0 Å². The normalized spacial score (nSPS) is 15.4. The Hall–Kier alpha value is -3.65. The van der Waals surface area contributed by atoms with Crippen LogP contribution in [0.15, 0.2) is 83.6 Å². The molecule has 1 atom stereocenters. The van der Waals surface area contributed by atoms with Crippen molar-refractivity contribution in [3.63, 3.8) is 0 Å². The molecule has 2 aromatic carbocycles. The van der Waals surface area contributed by atoms with Crippen LogP contribution in [0.5, 0.6) is 5.75 Å². The van der Waals surface area contributed by atoms with Crippen LogP contribution in [0.25, 0.3) is 0 Å². The summed E-state index contributed by atoms with van der Waals surface area (Å²) in [5.41, 5.74) is 12.2. The molecule has 8 heteroatoms. The van der Waals surface area contributed by atoms with Crippen LogP contribution in [0.1, 0.15) is 38.2 Å². The lowest BCUT2D eigenvalue weighted by molar-refractivity contribution is -0.128. The monoisotopic (exact) mass is 481 g/mol. The topological polar surface area (TPSA) is 116 Å². The Bertz CT molecular complexity index is 892. The van der Waals surface area contributed by atoms with Crippen molar-refractivity contribution in [2.75, 3.05) is 26.7 Å². The van der Waals surface area contributed by atoms with E-state index >= 15 is 0 Å². The maximum absolute atomic E-state index is 9.32. The van der Waals surface area contributed by atoms with Crippen LogP contribution in [0, 0.1) is 5.92 Å². The van der Waals surface area contributed by atoms with E-state index in [4.69, 9.17) is 16.2 Å². The SMILES string of the molecule is C/C(N)=N/OC=O.C=CN=C(N)CN1CCC(C(C)c2ccccc2)CC1.COc1ccccc1. The fourth-order valence-corrected chi connectivity index (χ4v) is 3.69. The molecule has 1 unspecified atom stereocenters. The van der Waals surface area contributed by atoms with Crippen LogP contribution < -0.4 is 16.2 Å². The number of ether oxygens (including phenoxy) is 1. The summed E-state index contributed by atoms with van der Waals surface area (Å²) in [7, 11) is 1.66. The number of aliphatic imine (C=N–C) groups is 1. The summed E-state index contributed by atoms with van der Waals surface area (Å²) in [5.74, 6) is 3.21. The number of carbonyl (C=O) groups is 1. The van der Waals surface area contributed by atoms with Gasteiger partial charge in [-0.15, -0.1) is 0 Å². The van der Waals surface area contributed by atoms with Gasteiger partial charge < -0.3 is 21.0 Å². The van der Waals surface area contributed by atoms with Crippen molar-refractivity contribution in [2.45, 2.75) is 32.6 Å². The second kappa shape index (κ2) is 17.8. The molecule has 0 saturated carbocycles. The summed E-state index contributed by atoms with van der Waals surface area (Å²) in [4.78, 5) is 19.6. The van der Waals surface area contributed by atoms with Crippen molar-refractivity contribution in [3.05, 3.63) is 79.0 Å². The van der Waals surface area contributed by atoms with E-state index in [-0.39, 0.29) is 12.3 Å². The zero-order chi connectivity index (χ0) is 25.9. The smallest absolute Gasteiger partial charge is 0.323 e. The highest BCUT2D eigenvalue weighted by Gasteiger charge is 2.24. The molecule has 0 aliphatic carbocycles. The van der Waals surface area contributed by atoms with Gasteiger partial charge in [0.25, 0.3) is 0 Å². The van der Waals surface area contributed by atoms with E-state index in [1.807, 2.05) is 30.3 Å². The molecule has 0 aromatic heterocycles. The number of methoxy groups -OCH3 is 1. The predicted octanol–water partition coefficient (Wildman–Crippen LogP) is 4.15. The number of hydrogen-bond donors (Lipinski definition) is 2. The Labute approximate surface area is 209 Å². The van der Waals surface area contributed by atoms with Gasteiger partial charge >= 0.3 is 6.47 Å². The van der Waals surface area contributed by atoms with Gasteiger partial charge in [0.05, 0.1) is 13.7 Å². The van der Waals surface area contributed by atoms with Crippen molar-refractivity contribution in [1.29, 1.82) is 0 Å². The number of hydrogen-bond acceptors (Lipinski definition) is 6. The summed E-state index contributed by atoms with van der Waals surface area (Å²) in [6.07, 6.45) is 3.98. The highest BCUT2D eigenvalue weighted by molar-refractivity contribution is 5.82. The highest BCUT2D eigenvalue weighted by atomic mass is 16.7. The molecule has 0 spiro atoms. The van der Waals surface area contributed by atoms with Crippen molar-refractivity contribution >= 4 is 18.1 Å². The van der Waals surface area contributed by atoms with Crippen LogP contribution in [0.3, 0.4) is 0 Å². The molecule has 1 fully saturated rings. The summed E-state index contributed by atoms with van der Waals surface area (Å²) >= 11 is 0. The van der Waals surface area contributed by atoms with E-state index in [2.05, 4.69) is 63.7 Å². The third-order valence-electron chi connectivity index (χ3n) is 5.53. The first-order chi connectivity index (χ1) is 16.9. The van der Waals surface area contributed by atoms with E-state index in [1.165, 1.54) is 31.5 Å². The fourth-order valence-electron chi connectivity index (χ4n) is 3.69. The number of amidine groups is 2. The second-order valence-electron chi connectivity index (χ2n) is 8.07. The van der Waals surface area contributed by atoms with Crippen molar-refractivity contribution in [3.8, 4) is 5.75 Å². The number of para-hydroxylation sites is 1. The van der Waals surface area contributed by atoms with Gasteiger partial charge in [0.1, 0.15) is 17.4 Å². The third-order valence-corrected chi connectivity index (χ3v) is 5.53. The van der Waals surface area contributed by atoms with Gasteiger partial charge in [-0.1, -0.05) is 67.2 Å². The van der Waals surface area contributed by atoms with E-state index in [0.717, 1.165) is 31.3 Å². The highest BCUT2D eigenvalue weighted by Crippen LogP contribution is 2.32. The number of nitrogens with zero attached hydrogens (tertiary/aromatic N) is 3. The molecule has 35 heavy (non-hydrogen) atoms. The molecular weight excluding hydrogens is 442 g/mol. The minimum absolute atomic E-state index is 0.205. The molecule has 4 N–H and O–H groups in total. The second-order valence-corrected chi connectivity index (χ2v) is 8.07. The van der Waals surface area contributed by atoms with E-state index in [1.54, 1.807) is 7.11 Å². The summed E-state index contributed by atoms with van der Waals surface area (Å²) in [6, 6.07) is 20.5. The zero-order valence-corrected chi connectivity index (χ0v) is 21.0. The third kappa shape index (κ3) is 13.0. The molecule has 0 radical (unpaired) electrons. The lowest BCUT2D eigenvalue weighted by Gasteiger charge is -2.34. The maximum Gasteiger partial charge on any atom is 0.323 e. The number of carbonyl (C=O) groups excluding carboxylic acids is 1. The van der Waals surface area contributed by atoms with Gasteiger partial charge in [0.2, 0.25) is 0 Å². The Kier molecular flexibility index (Phi) is 14.9. The summed E-state index contributed by atoms with van der Waals surface area (Å²) in [5, 5.41) is 3.07. The molecule has 1 aliphatic rings. The first kappa shape index (κ1) is 29.4. The quantitative estimate of drug-likeness (QED) is 0.192. The first-order valence-corrected chi connectivity index (χ1v) is 11.6. The predicted molar refractivity (Wildman–Crippen MR) is 143 cm³/mol. The lowest BCUT2D eigenvalue weighted by atomic mass is 9.81. The van der Waals surface area contributed by atoms with Gasteiger partial charge in [-0.25, -0.2) is 4.99 Å². The maximum atomic E-state index is 9.32. The van der Waals surface area contributed by atoms with E-state index in [0.29, 0.717) is 11.8 Å². The van der Waals surface area contributed by atoms with Crippen LogP contribution >= 0.6 is 0 Å². The van der Waals surface area contributed by atoms with Gasteiger partial charge in [-0.05, 0) is 62.4 Å². The van der Waals surface area contributed by atoms with Crippen LogP contribution in [0.2, 0.25) is 0 Å². The minimum Gasteiger partial charge on any atom is -0.497 e. The summed E-state index contributed by atoms with van der Waals surface area (Å²) in [6.45, 7) is 10.6. The number of nitrogens with two attached hydrogens (primary N) is 2. The Morgan fingerprint density at radius 3 is 2.11 bits per heavy atom. The number of piperidine rings is 1. The molecule has 3 rings (SSSR count). The van der Waals surface area contributed by atoms with E-state index in [9.17, 15) is 4.79 Å². The largest absolute Gasteiger partial charge is 0.497 e. The molecule has 1 heterocycles. The first-order valence-electron chi connectivity index (χ1n) is 11.6. The number of benzene rings is 2. The van der Waals surface area contributed by atoms with Crippen molar-refractivity contribution < 1.29 is 14.4 Å².